The van der Waals surface area contributed by atoms with Crippen molar-refractivity contribution < 1.29 is 14.3 Å². The molecule has 1 aliphatic rings. The van der Waals surface area contributed by atoms with Crippen LogP contribution in [0.1, 0.15) is 70.2 Å². The van der Waals surface area contributed by atoms with Crippen LogP contribution >= 0.6 is 11.8 Å². The first kappa shape index (κ1) is 28.5. The average Bonchev–Trinajstić information content (AvgIpc) is 3.32. The first-order valence-corrected chi connectivity index (χ1v) is 14.4. The van der Waals surface area contributed by atoms with Crippen LogP contribution in [0, 0.1) is 0 Å². The van der Waals surface area contributed by atoms with Crippen molar-refractivity contribution in [1.29, 1.82) is 0 Å². The van der Waals surface area contributed by atoms with Crippen LogP contribution in [0.3, 0.4) is 0 Å². The average molecular weight is 547 g/mol. The Morgan fingerprint density at radius 3 is 2.51 bits per heavy atom. The van der Waals surface area contributed by atoms with Gasteiger partial charge in [0, 0.05) is 11.4 Å². The van der Waals surface area contributed by atoms with Crippen LogP contribution in [0.25, 0.3) is 0 Å². The third-order valence-electron chi connectivity index (χ3n) is 6.54. The highest BCUT2D eigenvalue weighted by molar-refractivity contribution is 7.99. The number of allylic oxidation sites excluding steroid dienone is 1. The van der Waals surface area contributed by atoms with Gasteiger partial charge in [-0.3, -0.25) is 0 Å². The molecule has 2 aromatic carbocycles. The van der Waals surface area contributed by atoms with Crippen LogP contribution in [-0.2, 0) is 21.6 Å². The Hall–Kier alpha value is -3.52. The van der Waals surface area contributed by atoms with E-state index in [9.17, 15) is 4.79 Å². The lowest BCUT2D eigenvalue weighted by Crippen LogP contribution is -2.29. The molecule has 0 aliphatic carbocycles. The first-order chi connectivity index (χ1) is 18.7. The van der Waals surface area contributed by atoms with Gasteiger partial charge in [-0.05, 0) is 47.6 Å². The van der Waals surface area contributed by atoms with Crippen molar-refractivity contribution in [1.82, 2.24) is 14.8 Å². The minimum absolute atomic E-state index is 0.118. The zero-order valence-electron chi connectivity index (χ0n) is 23.5. The maximum Gasteiger partial charge on any atom is 0.338 e. The Kier molecular flexibility index (Phi) is 9.17. The minimum Gasteiger partial charge on any atom is -0.489 e. The zero-order valence-corrected chi connectivity index (χ0v) is 24.3. The summed E-state index contributed by atoms with van der Waals surface area (Å²) in [5.41, 5.74) is 4.59. The smallest absolute Gasteiger partial charge is 0.338 e. The number of nitrogens with zero attached hydrogens (tertiary/aromatic N) is 3. The molecule has 1 N–H and O–H groups in total. The molecule has 1 aromatic heterocycles. The van der Waals surface area contributed by atoms with E-state index >= 15 is 0 Å². The number of aromatic nitrogens is 3. The molecule has 0 radical (unpaired) electrons. The van der Waals surface area contributed by atoms with Crippen molar-refractivity contribution in [2.75, 3.05) is 17.7 Å². The molecule has 206 valence electrons. The molecule has 7 nitrogen and oxygen atoms in total. The molecule has 0 spiro atoms. The second-order valence-corrected chi connectivity index (χ2v) is 11.7. The van der Waals surface area contributed by atoms with E-state index < -0.39 is 12.0 Å². The van der Waals surface area contributed by atoms with Gasteiger partial charge in [0.05, 0.1) is 5.57 Å². The Balaban J connectivity index is 1.56. The van der Waals surface area contributed by atoms with E-state index in [1.165, 1.54) is 5.56 Å². The van der Waals surface area contributed by atoms with Crippen molar-refractivity contribution in [2.45, 2.75) is 70.7 Å². The van der Waals surface area contributed by atoms with Gasteiger partial charge in [-0.1, -0.05) is 94.9 Å². The molecular formula is C31H38N4O3S. The number of hydrogen-bond acceptors (Lipinski definition) is 7. The Morgan fingerprint density at radius 2 is 1.87 bits per heavy atom. The predicted octanol–water partition coefficient (Wildman–Crippen LogP) is 7.06. The molecule has 4 rings (SSSR count). The largest absolute Gasteiger partial charge is 0.489 e. The van der Waals surface area contributed by atoms with Crippen LogP contribution in [0.4, 0.5) is 5.95 Å². The quantitative estimate of drug-likeness (QED) is 0.119. The lowest BCUT2D eigenvalue weighted by Gasteiger charge is -2.28. The molecule has 1 unspecified atom stereocenters. The lowest BCUT2D eigenvalue weighted by atomic mass is 9.87. The van der Waals surface area contributed by atoms with E-state index in [0.29, 0.717) is 29.0 Å². The second kappa shape index (κ2) is 12.6. The summed E-state index contributed by atoms with van der Waals surface area (Å²) in [4.78, 5) is 17.8. The number of esters is 1. The van der Waals surface area contributed by atoms with Crippen LogP contribution in [0.15, 0.2) is 77.6 Å². The molecule has 2 heterocycles. The molecular weight excluding hydrogens is 508 g/mol. The minimum atomic E-state index is -0.481. The summed E-state index contributed by atoms with van der Waals surface area (Å²) in [5.74, 6) is 1.88. The first-order valence-electron chi connectivity index (χ1n) is 13.4. The number of thioether (sulfide) groups is 1. The summed E-state index contributed by atoms with van der Waals surface area (Å²) < 4.78 is 13.3. The van der Waals surface area contributed by atoms with Gasteiger partial charge < -0.3 is 14.8 Å². The van der Waals surface area contributed by atoms with Gasteiger partial charge in [0.15, 0.2) is 0 Å². The summed E-state index contributed by atoms with van der Waals surface area (Å²) in [6.45, 7) is 14.9. The Morgan fingerprint density at radius 1 is 1.15 bits per heavy atom. The number of rotatable bonds is 11. The van der Waals surface area contributed by atoms with Gasteiger partial charge in [-0.25, -0.2) is 9.48 Å². The maximum absolute atomic E-state index is 13.1. The molecule has 3 aromatic rings. The topological polar surface area (TPSA) is 78.3 Å². The standard InChI is InChI=1S/C31H38N4O3S/c1-7-9-19-39-30-33-29-32-21(3)26(28(36)37-18-8-2)27(35(29)34-30)23-12-16-25(17-13-23)38-20-22-10-14-24(15-11-22)31(4,5)6/h8,10-17,27H,2,7,9,18-20H2,1,3-6H3,(H,32,33,34). The van der Waals surface area contributed by atoms with Crippen molar-refractivity contribution in [3.05, 3.63) is 89.1 Å². The number of unbranched alkanes of at least 4 members (excludes halogenated alkanes) is 1. The lowest BCUT2D eigenvalue weighted by molar-refractivity contribution is -0.138. The molecule has 0 saturated carbocycles. The summed E-state index contributed by atoms with van der Waals surface area (Å²) in [6, 6.07) is 15.9. The fourth-order valence-electron chi connectivity index (χ4n) is 4.30. The van der Waals surface area contributed by atoms with E-state index in [4.69, 9.17) is 14.6 Å². The van der Waals surface area contributed by atoms with Gasteiger partial charge in [0.2, 0.25) is 11.1 Å². The van der Waals surface area contributed by atoms with Crippen molar-refractivity contribution >= 4 is 23.7 Å². The Labute approximate surface area is 235 Å². The van der Waals surface area contributed by atoms with E-state index in [-0.39, 0.29) is 12.0 Å². The molecule has 0 saturated heterocycles. The number of benzene rings is 2. The number of ether oxygens (including phenoxy) is 2. The summed E-state index contributed by atoms with van der Waals surface area (Å²) in [7, 11) is 0. The van der Waals surface area contributed by atoms with Crippen LogP contribution in [-0.4, -0.2) is 33.1 Å². The highest BCUT2D eigenvalue weighted by atomic mass is 32.2. The third-order valence-corrected chi connectivity index (χ3v) is 7.46. The summed E-state index contributed by atoms with van der Waals surface area (Å²) in [5, 5.41) is 8.69. The predicted molar refractivity (Wildman–Crippen MR) is 157 cm³/mol. The monoisotopic (exact) mass is 546 g/mol. The number of anilines is 1. The van der Waals surface area contributed by atoms with E-state index in [2.05, 4.69) is 68.8 Å². The number of fused-ring (bicyclic) bond motifs is 1. The van der Waals surface area contributed by atoms with Crippen molar-refractivity contribution in [2.24, 2.45) is 0 Å². The third kappa shape index (κ3) is 6.92. The highest BCUT2D eigenvalue weighted by Gasteiger charge is 2.35. The molecule has 1 atom stereocenters. The zero-order chi connectivity index (χ0) is 28.0. The van der Waals surface area contributed by atoms with Crippen LogP contribution in [0.2, 0.25) is 0 Å². The van der Waals surface area contributed by atoms with Gasteiger partial charge in [0.1, 0.15) is 25.0 Å². The van der Waals surface area contributed by atoms with Gasteiger partial charge in [-0.15, -0.1) is 5.10 Å². The highest BCUT2D eigenvalue weighted by Crippen LogP contribution is 2.37. The fraction of sp³-hybridized carbons (Fsp3) is 0.387. The second-order valence-electron chi connectivity index (χ2n) is 10.6. The van der Waals surface area contributed by atoms with E-state index in [0.717, 1.165) is 35.5 Å². The van der Waals surface area contributed by atoms with Gasteiger partial charge in [0.25, 0.3) is 0 Å². The molecule has 0 fully saturated rings. The van der Waals surface area contributed by atoms with E-state index in [1.807, 2.05) is 31.2 Å². The fourth-order valence-corrected chi connectivity index (χ4v) is 5.21. The van der Waals surface area contributed by atoms with Crippen molar-refractivity contribution in [3.63, 3.8) is 0 Å². The maximum atomic E-state index is 13.1. The number of nitrogens with one attached hydrogen (secondary N) is 1. The van der Waals surface area contributed by atoms with E-state index in [1.54, 1.807) is 22.5 Å². The number of carbonyl (C=O) groups excluding carboxylic acids is 1. The molecule has 1 aliphatic heterocycles. The Bertz CT molecular complexity index is 1320. The van der Waals surface area contributed by atoms with Gasteiger partial charge >= 0.3 is 5.97 Å². The molecule has 8 heteroatoms. The number of carbonyl (C=O) groups is 1. The van der Waals surface area contributed by atoms with Crippen LogP contribution < -0.4 is 10.1 Å². The summed E-state index contributed by atoms with van der Waals surface area (Å²) >= 11 is 1.62. The molecule has 39 heavy (non-hydrogen) atoms. The number of hydrogen-bond donors (Lipinski definition) is 1. The van der Waals surface area contributed by atoms with Crippen LogP contribution in [0.5, 0.6) is 5.75 Å². The van der Waals surface area contributed by atoms with Crippen molar-refractivity contribution in [3.8, 4) is 5.75 Å². The summed E-state index contributed by atoms with van der Waals surface area (Å²) in [6.07, 6.45) is 3.76. The molecule has 0 bridgehead atoms. The normalized spacial score (nSPS) is 14.9. The SMILES string of the molecule is C=CCOC(=O)C1=C(C)Nc2nc(SCCCC)nn2C1c1ccc(OCc2ccc(C(C)(C)C)cc2)cc1. The molecule has 0 amide bonds. The van der Waals surface area contributed by atoms with Gasteiger partial charge in [-0.2, -0.15) is 4.98 Å².